The number of hydrogen-bond donors (Lipinski definition) is 3. The Kier molecular flexibility index (Phi) is 5.79. The number of nitrogens with two attached hydrogens (primary N) is 2. The first-order valence-corrected chi connectivity index (χ1v) is 6.81. The number of carbonyl (C=O) groups excluding carboxylic acids is 3. The van der Waals surface area contributed by atoms with E-state index in [-0.39, 0.29) is 18.3 Å². The molecule has 0 aromatic carbocycles. The van der Waals surface area contributed by atoms with Crippen molar-refractivity contribution in [1.29, 1.82) is 0 Å². The molecule has 0 radical (unpaired) electrons. The predicted molar refractivity (Wildman–Crippen MR) is 70.8 cm³/mol. The molecule has 2 rings (SSSR count). The van der Waals surface area contributed by atoms with E-state index in [1.54, 1.807) is 0 Å². The third-order valence-electron chi connectivity index (χ3n) is 3.73. The summed E-state index contributed by atoms with van der Waals surface area (Å²) < 4.78 is 0. The number of hydrogen-bond acceptors (Lipinski definition) is 3. The molecule has 0 aromatic rings. The highest BCUT2D eigenvalue weighted by molar-refractivity contribution is 5.88. The van der Waals surface area contributed by atoms with E-state index in [1.807, 2.05) is 0 Å². The lowest BCUT2D eigenvalue weighted by Crippen LogP contribution is -2.59. The van der Waals surface area contributed by atoms with Crippen molar-refractivity contribution in [3.8, 4) is 0 Å². The second-order valence-corrected chi connectivity index (χ2v) is 5.31. The van der Waals surface area contributed by atoms with Gasteiger partial charge in [-0.3, -0.25) is 14.4 Å². The predicted octanol–water partition coefficient (Wildman–Crippen LogP) is 0.194. The fourth-order valence-corrected chi connectivity index (χ4v) is 2.48. The monoisotopic (exact) mass is 269 g/mol. The number of β-lactam (4-membered cyclic amide) rings is 1. The molecule has 0 unspecified atom stereocenters. The van der Waals surface area contributed by atoms with Crippen molar-refractivity contribution in [3.05, 3.63) is 0 Å². The number of rotatable bonds is 4. The van der Waals surface area contributed by atoms with Crippen molar-refractivity contribution >= 4 is 17.7 Å². The molecule has 1 heterocycles. The first kappa shape index (κ1) is 15.5. The fourth-order valence-electron chi connectivity index (χ4n) is 2.48. The summed E-state index contributed by atoms with van der Waals surface area (Å²) in [6.07, 6.45) is 7.06. The highest BCUT2D eigenvalue weighted by Gasteiger charge is 2.46. The number of primary amides is 2. The van der Waals surface area contributed by atoms with Gasteiger partial charge in [-0.05, 0) is 19.3 Å². The van der Waals surface area contributed by atoms with E-state index >= 15 is 0 Å². The summed E-state index contributed by atoms with van der Waals surface area (Å²) >= 11 is 0. The molecule has 1 saturated heterocycles. The zero-order valence-corrected chi connectivity index (χ0v) is 11.2. The van der Waals surface area contributed by atoms with E-state index < -0.39 is 11.8 Å². The van der Waals surface area contributed by atoms with Crippen LogP contribution in [0.1, 0.15) is 51.4 Å². The van der Waals surface area contributed by atoms with Crippen molar-refractivity contribution in [2.45, 2.75) is 51.4 Å². The molecule has 1 saturated carbocycles. The number of carbonyl (C=O) groups is 3. The summed E-state index contributed by atoms with van der Waals surface area (Å²) in [5.41, 5.74) is 9.68. The molecule has 3 amide bonds. The minimum absolute atomic E-state index is 0.109. The van der Waals surface area contributed by atoms with E-state index in [0.29, 0.717) is 12.3 Å². The van der Waals surface area contributed by atoms with Crippen LogP contribution in [0, 0.1) is 5.41 Å². The van der Waals surface area contributed by atoms with Gasteiger partial charge in [-0.15, -0.1) is 0 Å². The van der Waals surface area contributed by atoms with Gasteiger partial charge in [0.05, 0.1) is 5.41 Å². The van der Waals surface area contributed by atoms with Crippen LogP contribution < -0.4 is 16.8 Å². The molecule has 2 aliphatic rings. The number of nitrogens with one attached hydrogen (secondary N) is 1. The standard InChI is InChI=1S/C8H13NO.C5H10N2O2/c10-7-8(6-9-7)4-2-1-3-5-8;6-4(8)2-1-3-5(7)9/h1-6H2,(H,9,10);1-3H2,(H2,6,8)(H2,7,9). The second kappa shape index (κ2) is 7.11. The Morgan fingerprint density at radius 1 is 1.05 bits per heavy atom. The summed E-state index contributed by atoms with van der Waals surface area (Å²) in [5.74, 6) is -0.472. The normalized spacial score (nSPS) is 19.7. The average Bonchev–Trinajstić information content (AvgIpc) is 2.38. The van der Waals surface area contributed by atoms with Gasteiger partial charge in [0.25, 0.3) is 0 Å². The molecular weight excluding hydrogens is 246 g/mol. The van der Waals surface area contributed by atoms with Gasteiger partial charge in [-0.1, -0.05) is 19.3 Å². The Labute approximate surface area is 113 Å². The molecule has 5 N–H and O–H groups in total. The van der Waals surface area contributed by atoms with Crippen LogP contribution >= 0.6 is 0 Å². The van der Waals surface area contributed by atoms with E-state index in [2.05, 4.69) is 5.32 Å². The zero-order chi connectivity index (χ0) is 14.3. The highest BCUT2D eigenvalue weighted by atomic mass is 16.2. The van der Waals surface area contributed by atoms with Gasteiger partial charge in [0.15, 0.2) is 0 Å². The molecule has 1 aliphatic heterocycles. The third kappa shape index (κ3) is 4.89. The summed E-state index contributed by atoms with van der Waals surface area (Å²) in [6, 6.07) is 0. The van der Waals surface area contributed by atoms with Crippen LogP contribution in [-0.4, -0.2) is 24.3 Å². The van der Waals surface area contributed by atoms with Crippen molar-refractivity contribution in [2.24, 2.45) is 16.9 Å². The van der Waals surface area contributed by atoms with Gasteiger partial charge < -0.3 is 16.8 Å². The molecule has 19 heavy (non-hydrogen) atoms. The lowest BCUT2D eigenvalue weighted by atomic mass is 9.69. The number of amides is 3. The first-order chi connectivity index (χ1) is 8.96. The Balaban J connectivity index is 0.000000192. The van der Waals surface area contributed by atoms with Crippen LogP contribution in [0.3, 0.4) is 0 Å². The molecular formula is C13H23N3O3. The quantitative estimate of drug-likeness (QED) is 0.633. The van der Waals surface area contributed by atoms with Crippen LogP contribution in [0.4, 0.5) is 0 Å². The lowest BCUT2D eigenvalue weighted by molar-refractivity contribution is -0.142. The van der Waals surface area contributed by atoms with Gasteiger partial charge in [-0.25, -0.2) is 0 Å². The van der Waals surface area contributed by atoms with Crippen LogP contribution in [-0.2, 0) is 14.4 Å². The minimum Gasteiger partial charge on any atom is -0.370 e. The Bertz CT molecular complexity index is 335. The molecule has 2 fully saturated rings. The van der Waals surface area contributed by atoms with Crippen molar-refractivity contribution < 1.29 is 14.4 Å². The van der Waals surface area contributed by atoms with Gasteiger partial charge in [0, 0.05) is 19.4 Å². The van der Waals surface area contributed by atoms with Crippen molar-refractivity contribution in [2.75, 3.05) is 6.54 Å². The molecule has 6 heteroatoms. The molecule has 6 nitrogen and oxygen atoms in total. The third-order valence-corrected chi connectivity index (χ3v) is 3.73. The first-order valence-electron chi connectivity index (χ1n) is 6.81. The van der Waals surface area contributed by atoms with Gasteiger partial charge >= 0.3 is 0 Å². The minimum atomic E-state index is -0.392. The van der Waals surface area contributed by atoms with Gasteiger partial charge in [0.2, 0.25) is 17.7 Å². The average molecular weight is 269 g/mol. The lowest BCUT2D eigenvalue weighted by Gasteiger charge is -2.43. The largest absolute Gasteiger partial charge is 0.370 e. The summed E-state index contributed by atoms with van der Waals surface area (Å²) in [5, 5.41) is 2.83. The Morgan fingerprint density at radius 3 is 1.84 bits per heavy atom. The SMILES string of the molecule is NC(=O)CCCC(N)=O.O=C1NCC12CCCCC2. The zero-order valence-electron chi connectivity index (χ0n) is 11.2. The van der Waals surface area contributed by atoms with E-state index in [9.17, 15) is 14.4 Å². The summed E-state index contributed by atoms with van der Waals surface area (Å²) in [4.78, 5) is 31.2. The Hall–Kier alpha value is -1.59. The highest BCUT2D eigenvalue weighted by Crippen LogP contribution is 2.39. The molecule has 0 bridgehead atoms. The molecule has 108 valence electrons. The maximum Gasteiger partial charge on any atom is 0.228 e. The molecule has 0 aromatic heterocycles. The van der Waals surface area contributed by atoms with Crippen molar-refractivity contribution in [1.82, 2.24) is 5.32 Å². The van der Waals surface area contributed by atoms with Crippen LogP contribution in [0.25, 0.3) is 0 Å². The van der Waals surface area contributed by atoms with E-state index in [0.717, 1.165) is 19.4 Å². The molecule has 1 spiro atoms. The maximum absolute atomic E-state index is 11.1. The molecule has 1 aliphatic carbocycles. The topological polar surface area (TPSA) is 115 Å². The van der Waals surface area contributed by atoms with Crippen LogP contribution in [0.15, 0.2) is 0 Å². The van der Waals surface area contributed by atoms with Crippen LogP contribution in [0.5, 0.6) is 0 Å². The maximum atomic E-state index is 11.1. The van der Waals surface area contributed by atoms with Gasteiger partial charge in [0.1, 0.15) is 0 Å². The molecule has 0 atom stereocenters. The van der Waals surface area contributed by atoms with Crippen LogP contribution in [0.2, 0.25) is 0 Å². The van der Waals surface area contributed by atoms with E-state index in [1.165, 1.54) is 19.3 Å². The summed E-state index contributed by atoms with van der Waals surface area (Å²) in [7, 11) is 0. The fraction of sp³-hybridized carbons (Fsp3) is 0.769. The Morgan fingerprint density at radius 2 is 1.58 bits per heavy atom. The smallest absolute Gasteiger partial charge is 0.228 e. The van der Waals surface area contributed by atoms with Gasteiger partial charge in [-0.2, -0.15) is 0 Å². The van der Waals surface area contributed by atoms with Crippen molar-refractivity contribution in [3.63, 3.8) is 0 Å². The second-order valence-electron chi connectivity index (χ2n) is 5.31. The van der Waals surface area contributed by atoms with E-state index in [4.69, 9.17) is 11.5 Å². The summed E-state index contributed by atoms with van der Waals surface area (Å²) in [6.45, 7) is 0.950.